The molecule has 1 aliphatic carbocycles. The number of aromatic carboxylic acids is 1. The van der Waals surface area contributed by atoms with Gasteiger partial charge in [-0.3, -0.25) is 0 Å². The number of rotatable bonds is 7. The first-order valence-electron chi connectivity index (χ1n) is 6.98. The van der Waals surface area contributed by atoms with Crippen LogP contribution in [-0.4, -0.2) is 17.6 Å². The Bertz CT molecular complexity index is 429. The van der Waals surface area contributed by atoms with Crippen molar-refractivity contribution < 1.29 is 9.90 Å². The summed E-state index contributed by atoms with van der Waals surface area (Å²) in [5.74, 6) is -0.00780. The summed E-state index contributed by atoms with van der Waals surface area (Å²) in [4.78, 5) is 10.7. The molecule has 0 spiro atoms. The van der Waals surface area contributed by atoms with E-state index in [-0.39, 0.29) is 0 Å². The van der Waals surface area contributed by atoms with Gasteiger partial charge in [-0.15, -0.1) is 0 Å². The van der Waals surface area contributed by atoms with E-state index < -0.39 is 5.97 Å². The zero-order chi connectivity index (χ0) is 13.5. The van der Waals surface area contributed by atoms with Gasteiger partial charge in [0.05, 0.1) is 5.56 Å². The summed E-state index contributed by atoms with van der Waals surface area (Å²) >= 11 is 0. The average molecular weight is 259 g/mol. The first-order chi connectivity index (χ1) is 9.25. The van der Waals surface area contributed by atoms with Crippen LogP contribution in [0, 0.1) is 5.92 Å². The summed E-state index contributed by atoms with van der Waals surface area (Å²) in [6, 6.07) is 6.92. The van der Waals surface area contributed by atoms with Crippen molar-refractivity contribution in [2.24, 2.45) is 5.92 Å². The fraction of sp³-hybridized carbons (Fsp3) is 0.438. The molecule has 0 saturated heterocycles. The smallest absolute Gasteiger partial charge is 0.335 e. The molecule has 2 rings (SSSR count). The molecule has 1 aromatic carbocycles. The lowest BCUT2D eigenvalue weighted by molar-refractivity contribution is 0.0697. The second-order valence-electron chi connectivity index (χ2n) is 5.11. The van der Waals surface area contributed by atoms with Crippen LogP contribution >= 0.6 is 0 Å². The number of hydrogen-bond donors (Lipinski definition) is 2. The maximum Gasteiger partial charge on any atom is 0.335 e. The third kappa shape index (κ3) is 4.43. The molecule has 19 heavy (non-hydrogen) atoms. The predicted molar refractivity (Wildman–Crippen MR) is 77.6 cm³/mol. The highest BCUT2D eigenvalue weighted by Gasteiger charge is 2.08. The Morgan fingerprint density at radius 1 is 1.16 bits per heavy atom. The Hall–Kier alpha value is -1.77. The molecule has 0 unspecified atom stereocenters. The van der Waals surface area contributed by atoms with E-state index in [0.717, 1.165) is 24.6 Å². The van der Waals surface area contributed by atoms with E-state index in [2.05, 4.69) is 17.5 Å². The normalized spacial score (nSPS) is 14.7. The van der Waals surface area contributed by atoms with Crippen molar-refractivity contribution in [3.8, 4) is 0 Å². The highest BCUT2D eigenvalue weighted by molar-refractivity contribution is 5.87. The third-order valence-corrected chi connectivity index (χ3v) is 3.61. The topological polar surface area (TPSA) is 49.3 Å². The average Bonchev–Trinajstić information content (AvgIpc) is 2.92. The molecule has 102 valence electrons. The maximum atomic E-state index is 10.7. The Labute approximate surface area is 114 Å². The van der Waals surface area contributed by atoms with Gasteiger partial charge in [0.1, 0.15) is 0 Å². The van der Waals surface area contributed by atoms with Crippen LogP contribution < -0.4 is 5.32 Å². The van der Waals surface area contributed by atoms with E-state index in [1.54, 1.807) is 12.1 Å². The lowest BCUT2D eigenvalue weighted by Gasteiger charge is -2.09. The van der Waals surface area contributed by atoms with Crippen molar-refractivity contribution in [2.45, 2.75) is 32.1 Å². The highest BCUT2D eigenvalue weighted by atomic mass is 16.4. The van der Waals surface area contributed by atoms with Crippen LogP contribution in [0.2, 0.25) is 0 Å². The van der Waals surface area contributed by atoms with Crippen molar-refractivity contribution in [3.63, 3.8) is 0 Å². The quantitative estimate of drug-likeness (QED) is 0.576. The van der Waals surface area contributed by atoms with Crippen LogP contribution in [0.15, 0.2) is 36.4 Å². The molecule has 1 aliphatic rings. The van der Waals surface area contributed by atoms with Crippen molar-refractivity contribution in [3.05, 3.63) is 42.0 Å². The van der Waals surface area contributed by atoms with E-state index in [0.29, 0.717) is 5.56 Å². The monoisotopic (exact) mass is 259 g/mol. The fourth-order valence-corrected chi connectivity index (χ4v) is 2.43. The van der Waals surface area contributed by atoms with Crippen LogP contribution in [0.4, 0.5) is 5.69 Å². The van der Waals surface area contributed by atoms with Crippen molar-refractivity contribution in [2.75, 3.05) is 11.9 Å². The number of unbranched alkanes of at least 4 members (excludes halogenated alkanes) is 1. The first-order valence-corrected chi connectivity index (χ1v) is 6.98. The zero-order valence-corrected chi connectivity index (χ0v) is 11.1. The number of anilines is 1. The lowest BCUT2D eigenvalue weighted by Crippen LogP contribution is -2.03. The lowest BCUT2D eigenvalue weighted by atomic mass is 10.00. The third-order valence-electron chi connectivity index (χ3n) is 3.61. The summed E-state index contributed by atoms with van der Waals surface area (Å²) < 4.78 is 0. The summed E-state index contributed by atoms with van der Waals surface area (Å²) in [7, 11) is 0. The number of nitrogens with one attached hydrogen (secondary N) is 1. The molecule has 1 aromatic rings. The number of carboxylic acids is 1. The summed E-state index contributed by atoms with van der Waals surface area (Å²) in [5.41, 5.74) is 1.33. The Morgan fingerprint density at radius 3 is 2.47 bits per heavy atom. The number of carboxylic acid groups (broad SMARTS) is 1. The fourth-order valence-electron chi connectivity index (χ4n) is 2.43. The van der Waals surface area contributed by atoms with Crippen LogP contribution in [0.5, 0.6) is 0 Å². The number of allylic oxidation sites excluding steroid dienone is 2. The number of benzene rings is 1. The molecule has 0 saturated carbocycles. The van der Waals surface area contributed by atoms with E-state index in [1.807, 2.05) is 12.1 Å². The van der Waals surface area contributed by atoms with Gasteiger partial charge in [-0.2, -0.15) is 0 Å². The summed E-state index contributed by atoms with van der Waals surface area (Å²) in [6.07, 6.45) is 10.8. The number of carbonyl (C=O) groups is 1. The van der Waals surface area contributed by atoms with E-state index in [9.17, 15) is 4.79 Å². The minimum Gasteiger partial charge on any atom is -0.478 e. The van der Waals surface area contributed by atoms with Crippen LogP contribution in [0.25, 0.3) is 0 Å². The van der Waals surface area contributed by atoms with Gasteiger partial charge in [-0.1, -0.05) is 18.6 Å². The standard InChI is InChI=1S/C16H21NO2/c18-16(19)14-8-10-15(11-9-14)17-12-4-3-7-13-5-1-2-6-13/h1-2,8-11,13,17H,3-7,12H2,(H,18,19). The van der Waals surface area contributed by atoms with Gasteiger partial charge in [-0.05, 0) is 55.9 Å². The van der Waals surface area contributed by atoms with E-state index in [1.165, 1.54) is 25.7 Å². The molecule has 0 fully saturated rings. The molecule has 2 N–H and O–H groups in total. The minimum atomic E-state index is -0.878. The summed E-state index contributed by atoms with van der Waals surface area (Å²) in [6.45, 7) is 0.951. The molecular weight excluding hydrogens is 238 g/mol. The SMILES string of the molecule is O=C(O)c1ccc(NCCCCC2CC=CC2)cc1. The van der Waals surface area contributed by atoms with E-state index >= 15 is 0 Å². The van der Waals surface area contributed by atoms with E-state index in [4.69, 9.17) is 5.11 Å². The predicted octanol–water partition coefficient (Wildman–Crippen LogP) is 3.93. The Kier molecular flexibility index (Phi) is 5.01. The molecule has 0 amide bonds. The number of hydrogen-bond acceptors (Lipinski definition) is 2. The van der Waals surface area contributed by atoms with Gasteiger partial charge in [0.25, 0.3) is 0 Å². The second-order valence-corrected chi connectivity index (χ2v) is 5.11. The van der Waals surface area contributed by atoms with Gasteiger partial charge >= 0.3 is 5.97 Å². The minimum absolute atomic E-state index is 0.333. The zero-order valence-electron chi connectivity index (χ0n) is 11.1. The molecule has 0 heterocycles. The molecule has 0 bridgehead atoms. The van der Waals surface area contributed by atoms with Crippen LogP contribution in [0.3, 0.4) is 0 Å². The Balaban J connectivity index is 1.61. The van der Waals surface area contributed by atoms with Crippen molar-refractivity contribution in [1.29, 1.82) is 0 Å². The Morgan fingerprint density at radius 2 is 1.84 bits per heavy atom. The second kappa shape index (κ2) is 6.98. The molecule has 0 aliphatic heterocycles. The van der Waals surface area contributed by atoms with Gasteiger partial charge in [0, 0.05) is 12.2 Å². The van der Waals surface area contributed by atoms with Crippen LogP contribution in [0.1, 0.15) is 42.5 Å². The molecular formula is C16H21NO2. The van der Waals surface area contributed by atoms with Crippen LogP contribution in [-0.2, 0) is 0 Å². The summed E-state index contributed by atoms with van der Waals surface area (Å²) in [5, 5.41) is 12.1. The van der Waals surface area contributed by atoms with Gasteiger partial charge in [0.15, 0.2) is 0 Å². The molecule has 0 aromatic heterocycles. The van der Waals surface area contributed by atoms with Crippen molar-refractivity contribution >= 4 is 11.7 Å². The van der Waals surface area contributed by atoms with Gasteiger partial charge in [0.2, 0.25) is 0 Å². The maximum absolute atomic E-state index is 10.7. The first kappa shape index (κ1) is 13.7. The van der Waals surface area contributed by atoms with Crippen molar-refractivity contribution in [1.82, 2.24) is 0 Å². The highest BCUT2D eigenvalue weighted by Crippen LogP contribution is 2.23. The molecule has 0 atom stereocenters. The molecule has 0 radical (unpaired) electrons. The molecule has 3 nitrogen and oxygen atoms in total. The van der Waals surface area contributed by atoms with Gasteiger partial charge in [-0.25, -0.2) is 4.79 Å². The largest absolute Gasteiger partial charge is 0.478 e. The molecule has 3 heteroatoms. The van der Waals surface area contributed by atoms with Gasteiger partial charge < -0.3 is 10.4 Å².